The number of hydrogen-bond acceptors (Lipinski definition) is 4. The van der Waals surface area contributed by atoms with Crippen LogP contribution in [0.25, 0.3) is 0 Å². The van der Waals surface area contributed by atoms with Gasteiger partial charge in [0.15, 0.2) is 0 Å². The molecule has 18 heavy (non-hydrogen) atoms. The van der Waals surface area contributed by atoms with Crippen LogP contribution in [0.15, 0.2) is 18.2 Å². The number of nitrogens with one attached hydrogen (secondary N) is 2. The molecule has 1 unspecified atom stereocenters. The van der Waals surface area contributed by atoms with E-state index in [1.54, 1.807) is 6.92 Å². The number of carbonyl (C=O) groups is 1. The Balaban J connectivity index is 2.73. The number of nitrogens with zero attached hydrogens (tertiary/aromatic N) is 1. The number of hydrogen-bond donors (Lipinski definition) is 2. The van der Waals surface area contributed by atoms with Gasteiger partial charge in [0.1, 0.15) is 5.82 Å². The summed E-state index contributed by atoms with van der Waals surface area (Å²) in [6.45, 7) is 1.82. The van der Waals surface area contributed by atoms with E-state index in [2.05, 4.69) is 10.6 Å². The number of benzene rings is 1. The molecular formula is C11H14FN3O3. The monoisotopic (exact) mass is 255 g/mol. The predicted molar refractivity (Wildman–Crippen MR) is 63.4 cm³/mol. The number of halogens is 1. The molecule has 98 valence electrons. The number of rotatable bonds is 5. The molecule has 7 heteroatoms. The van der Waals surface area contributed by atoms with E-state index in [4.69, 9.17) is 0 Å². The van der Waals surface area contributed by atoms with Crippen molar-refractivity contribution < 1.29 is 14.1 Å². The minimum atomic E-state index is -0.673. The van der Waals surface area contributed by atoms with Gasteiger partial charge in [0.2, 0.25) is 5.91 Å². The molecule has 1 rings (SSSR count). The Hall–Kier alpha value is -2.02. The second kappa shape index (κ2) is 6.06. The third-order valence-electron chi connectivity index (χ3n) is 2.41. The third-order valence-corrected chi connectivity index (χ3v) is 2.41. The number of nitro groups is 1. The molecule has 0 fully saturated rings. The average molecular weight is 255 g/mol. The molecule has 0 aliphatic heterocycles. The molecule has 0 radical (unpaired) electrons. The summed E-state index contributed by atoms with van der Waals surface area (Å²) in [5.41, 5.74) is 0.108. The van der Waals surface area contributed by atoms with Crippen LogP contribution in [0, 0.1) is 15.9 Å². The molecule has 1 atom stereocenters. The van der Waals surface area contributed by atoms with Crippen molar-refractivity contribution in [3.05, 3.63) is 39.7 Å². The Bertz CT molecular complexity index is 465. The molecule has 0 aromatic heterocycles. The molecular weight excluding hydrogens is 241 g/mol. The Kier molecular flexibility index (Phi) is 4.73. The number of likely N-dealkylation sites (N-methyl/N-ethyl adjacent to an activating group) is 1. The van der Waals surface area contributed by atoms with Gasteiger partial charge in [0, 0.05) is 19.7 Å². The molecule has 0 aliphatic rings. The van der Waals surface area contributed by atoms with Crippen molar-refractivity contribution in [1.29, 1.82) is 0 Å². The zero-order chi connectivity index (χ0) is 13.7. The maximum Gasteiger partial charge on any atom is 0.272 e. The van der Waals surface area contributed by atoms with Crippen LogP contribution in [-0.4, -0.2) is 23.9 Å². The van der Waals surface area contributed by atoms with Crippen molar-refractivity contribution in [2.75, 3.05) is 7.05 Å². The number of nitro benzene ring substituents is 1. The van der Waals surface area contributed by atoms with E-state index in [1.807, 2.05) is 0 Å². The maximum atomic E-state index is 13.1. The summed E-state index contributed by atoms with van der Waals surface area (Å²) >= 11 is 0. The lowest BCUT2D eigenvalue weighted by atomic mass is 10.2. The Morgan fingerprint density at radius 3 is 2.72 bits per heavy atom. The highest BCUT2D eigenvalue weighted by atomic mass is 19.1. The lowest BCUT2D eigenvalue weighted by Crippen LogP contribution is -2.40. The molecule has 0 aliphatic carbocycles. The summed E-state index contributed by atoms with van der Waals surface area (Å²) in [6.07, 6.45) is 0. The smallest absolute Gasteiger partial charge is 0.272 e. The minimum Gasteiger partial charge on any atom is -0.358 e. The van der Waals surface area contributed by atoms with Crippen LogP contribution in [-0.2, 0) is 11.3 Å². The standard InChI is InChI=1S/C11H14FN3O3/c1-7(11(16)13-2)14-6-8-3-9(12)5-10(4-8)15(17)18/h3-5,7,14H,6H2,1-2H3,(H,13,16). The van der Waals surface area contributed by atoms with Gasteiger partial charge in [-0.2, -0.15) is 0 Å². The van der Waals surface area contributed by atoms with Crippen molar-refractivity contribution in [1.82, 2.24) is 10.6 Å². The normalized spacial score (nSPS) is 11.9. The fourth-order valence-electron chi connectivity index (χ4n) is 1.42. The molecule has 1 aromatic carbocycles. The Labute approximate surface area is 103 Å². The van der Waals surface area contributed by atoms with E-state index in [-0.39, 0.29) is 18.1 Å². The van der Waals surface area contributed by atoms with Crippen LogP contribution in [0.4, 0.5) is 10.1 Å². The number of carbonyl (C=O) groups excluding carboxylic acids is 1. The number of amides is 1. The largest absolute Gasteiger partial charge is 0.358 e. The fraction of sp³-hybridized carbons (Fsp3) is 0.364. The first-order chi connectivity index (χ1) is 8.43. The molecule has 0 heterocycles. The summed E-state index contributed by atoms with van der Waals surface area (Å²) in [7, 11) is 1.51. The van der Waals surface area contributed by atoms with Crippen molar-refractivity contribution in [2.45, 2.75) is 19.5 Å². The van der Waals surface area contributed by atoms with Gasteiger partial charge in [0.05, 0.1) is 17.0 Å². The number of non-ortho nitro benzene ring substituents is 1. The van der Waals surface area contributed by atoms with E-state index in [0.29, 0.717) is 5.56 Å². The van der Waals surface area contributed by atoms with Gasteiger partial charge in [-0.1, -0.05) is 0 Å². The van der Waals surface area contributed by atoms with Crippen molar-refractivity contribution in [2.24, 2.45) is 0 Å². The van der Waals surface area contributed by atoms with Gasteiger partial charge in [0.25, 0.3) is 5.69 Å². The van der Waals surface area contributed by atoms with Gasteiger partial charge in [-0.3, -0.25) is 14.9 Å². The van der Waals surface area contributed by atoms with Crippen molar-refractivity contribution in [3.8, 4) is 0 Å². The first-order valence-corrected chi connectivity index (χ1v) is 5.33. The summed E-state index contributed by atoms with van der Waals surface area (Å²) in [5.74, 6) is -0.880. The molecule has 0 saturated carbocycles. The van der Waals surface area contributed by atoms with Gasteiger partial charge >= 0.3 is 0 Å². The van der Waals surface area contributed by atoms with Crippen LogP contribution in [0.1, 0.15) is 12.5 Å². The summed E-state index contributed by atoms with van der Waals surface area (Å²) in [6, 6.07) is 2.85. The first kappa shape index (κ1) is 14.0. The zero-order valence-electron chi connectivity index (χ0n) is 10.1. The first-order valence-electron chi connectivity index (χ1n) is 5.33. The van der Waals surface area contributed by atoms with Gasteiger partial charge in [-0.05, 0) is 18.6 Å². The molecule has 0 bridgehead atoms. The molecule has 1 aromatic rings. The van der Waals surface area contributed by atoms with Gasteiger partial charge < -0.3 is 10.6 Å². The lowest BCUT2D eigenvalue weighted by molar-refractivity contribution is -0.385. The van der Waals surface area contributed by atoms with Crippen molar-refractivity contribution in [3.63, 3.8) is 0 Å². The van der Waals surface area contributed by atoms with Crippen LogP contribution in [0.3, 0.4) is 0 Å². The second-order valence-electron chi connectivity index (χ2n) is 3.79. The van der Waals surface area contributed by atoms with E-state index < -0.39 is 16.8 Å². The van der Waals surface area contributed by atoms with Gasteiger partial charge in [-0.25, -0.2) is 4.39 Å². The SMILES string of the molecule is CNC(=O)C(C)NCc1cc(F)cc([N+](=O)[O-])c1. The van der Waals surface area contributed by atoms with Crippen LogP contribution in [0.2, 0.25) is 0 Å². The Morgan fingerprint density at radius 2 is 2.17 bits per heavy atom. The summed E-state index contributed by atoms with van der Waals surface area (Å²) < 4.78 is 13.1. The molecule has 6 nitrogen and oxygen atoms in total. The quantitative estimate of drug-likeness (QED) is 0.606. The highest BCUT2D eigenvalue weighted by molar-refractivity contribution is 5.80. The molecule has 0 spiro atoms. The molecule has 0 saturated heterocycles. The molecule has 2 N–H and O–H groups in total. The highest BCUT2D eigenvalue weighted by Crippen LogP contribution is 2.16. The summed E-state index contributed by atoms with van der Waals surface area (Å²) in [4.78, 5) is 21.1. The third kappa shape index (κ3) is 3.77. The lowest BCUT2D eigenvalue weighted by Gasteiger charge is -2.12. The highest BCUT2D eigenvalue weighted by Gasteiger charge is 2.12. The maximum absolute atomic E-state index is 13.1. The van der Waals surface area contributed by atoms with Gasteiger partial charge in [-0.15, -0.1) is 0 Å². The Morgan fingerprint density at radius 1 is 1.50 bits per heavy atom. The minimum absolute atomic E-state index is 0.174. The topological polar surface area (TPSA) is 84.3 Å². The van der Waals surface area contributed by atoms with E-state index in [1.165, 1.54) is 19.2 Å². The van der Waals surface area contributed by atoms with E-state index >= 15 is 0 Å². The van der Waals surface area contributed by atoms with Crippen molar-refractivity contribution >= 4 is 11.6 Å². The second-order valence-corrected chi connectivity index (χ2v) is 3.79. The average Bonchev–Trinajstić information content (AvgIpc) is 2.34. The predicted octanol–water partition coefficient (Wildman–Crippen LogP) is 0.958. The summed E-state index contributed by atoms with van der Waals surface area (Å²) in [5, 5.41) is 15.9. The van der Waals surface area contributed by atoms with Crippen LogP contribution >= 0.6 is 0 Å². The van der Waals surface area contributed by atoms with Crippen LogP contribution in [0.5, 0.6) is 0 Å². The molecule has 1 amide bonds. The fourth-order valence-corrected chi connectivity index (χ4v) is 1.42. The van der Waals surface area contributed by atoms with E-state index in [9.17, 15) is 19.3 Å². The van der Waals surface area contributed by atoms with E-state index in [0.717, 1.165) is 6.07 Å². The van der Waals surface area contributed by atoms with Crippen LogP contribution < -0.4 is 10.6 Å². The zero-order valence-corrected chi connectivity index (χ0v) is 10.1.